The Hall–Kier alpha value is -0.620. The van der Waals surface area contributed by atoms with Crippen LogP contribution < -0.4 is 0 Å². The highest BCUT2D eigenvalue weighted by Crippen LogP contribution is 2.57. The van der Waals surface area contributed by atoms with Gasteiger partial charge in [0.25, 0.3) is 11.1 Å². The van der Waals surface area contributed by atoms with E-state index in [1.54, 1.807) is 0 Å². The van der Waals surface area contributed by atoms with Gasteiger partial charge in [-0.15, -0.1) is 0 Å². The van der Waals surface area contributed by atoms with Gasteiger partial charge in [-0.1, -0.05) is 18.5 Å². The van der Waals surface area contributed by atoms with Gasteiger partial charge in [-0.2, -0.15) is 30.7 Å². The molecule has 0 N–H and O–H groups in total. The Morgan fingerprint density at radius 1 is 0.840 bits per heavy atom. The van der Waals surface area contributed by atoms with Crippen LogP contribution in [0.2, 0.25) is 0 Å². The molecule has 0 aromatic carbocycles. The van der Waals surface area contributed by atoms with Gasteiger partial charge in [0.1, 0.15) is 0 Å². The molecule has 0 fully saturated rings. The molecule has 25 heavy (non-hydrogen) atoms. The van der Waals surface area contributed by atoms with Crippen LogP contribution in [0.25, 0.3) is 0 Å². The third-order valence-corrected chi connectivity index (χ3v) is 3.52. The van der Waals surface area contributed by atoms with Crippen LogP contribution in [0.4, 0.5) is 57.4 Å². The van der Waals surface area contributed by atoms with E-state index >= 15 is 0 Å². The maximum absolute atomic E-state index is 13.5. The smallest absolute Gasteiger partial charge is 0.269 e. The van der Waals surface area contributed by atoms with Crippen molar-refractivity contribution in [3.05, 3.63) is 0 Å². The van der Waals surface area contributed by atoms with E-state index in [-0.39, 0.29) is 4.70 Å². The molecule has 0 aliphatic rings. The fourth-order valence-corrected chi connectivity index (χ4v) is 1.73. The molecule has 0 amide bonds. The zero-order valence-corrected chi connectivity index (χ0v) is 12.9. The van der Waals surface area contributed by atoms with Crippen LogP contribution in [0.5, 0.6) is 0 Å². The van der Waals surface area contributed by atoms with Gasteiger partial charge in [-0.05, 0) is 12.3 Å². The molecule has 0 aliphatic carbocycles. The van der Waals surface area contributed by atoms with Gasteiger partial charge >= 0.3 is 18.0 Å². The molecule has 0 nitrogen and oxygen atoms in total. The predicted octanol–water partition coefficient (Wildman–Crippen LogP) is 6.24. The summed E-state index contributed by atoms with van der Waals surface area (Å²) in [5.41, 5.74) is 0. The van der Waals surface area contributed by atoms with Crippen molar-refractivity contribution in [2.45, 2.75) is 55.0 Å². The van der Waals surface area contributed by atoms with E-state index in [4.69, 9.17) is 0 Å². The van der Waals surface area contributed by atoms with Gasteiger partial charge in [0.15, 0.2) is 0 Å². The van der Waals surface area contributed by atoms with Crippen LogP contribution in [0.1, 0.15) is 19.8 Å². The highest BCUT2D eigenvalue weighted by molar-refractivity contribution is 6.24. The molecule has 0 heterocycles. The summed E-state index contributed by atoms with van der Waals surface area (Å²) in [6.45, 7) is -0.171. The van der Waals surface area contributed by atoms with Crippen molar-refractivity contribution in [1.29, 1.82) is 0 Å². The number of alkyl halides is 13. The van der Waals surface area contributed by atoms with Crippen LogP contribution in [0, 0.1) is 5.92 Å². The van der Waals surface area contributed by atoms with Gasteiger partial charge in [0.2, 0.25) is 6.17 Å². The van der Waals surface area contributed by atoms with Gasteiger partial charge in [0, 0.05) is 6.42 Å². The molecule has 0 spiro atoms. The second-order valence-corrected chi connectivity index (χ2v) is 5.74. The van der Waals surface area contributed by atoms with E-state index in [9.17, 15) is 52.7 Å². The van der Waals surface area contributed by atoms with Gasteiger partial charge in [0.05, 0.1) is 6.67 Å². The second kappa shape index (κ2) is 7.95. The van der Waals surface area contributed by atoms with Crippen LogP contribution in [0.15, 0.2) is 0 Å². The molecular formula is C11H12ClF13. The van der Waals surface area contributed by atoms with E-state index in [1.165, 1.54) is 0 Å². The lowest BCUT2D eigenvalue weighted by Crippen LogP contribution is -2.65. The van der Waals surface area contributed by atoms with Crippen molar-refractivity contribution in [1.82, 2.24) is 0 Å². The third kappa shape index (κ3) is 4.97. The number of hydrogen-bond acceptors (Lipinski definition) is 0. The Balaban J connectivity index is 0. The maximum Gasteiger partial charge on any atom is 0.460 e. The van der Waals surface area contributed by atoms with Crippen LogP contribution in [0.3, 0.4) is 0 Å². The normalized spacial score (nSPS) is 19.0. The first-order valence-electron chi connectivity index (χ1n) is 6.14. The summed E-state index contributed by atoms with van der Waals surface area (Å²) in [7, 11) is 0. The number of halogens is 14. The summed E-state index contributed by atoms with van der Waals surface area (Å²) in [4.78, 5) is 0. The Kier molecular flexibility index (Phi) is 8.46. The zero-order chi connectivity index (χ0) is 19.8. The molecule has 0 bridgehead atoms. The van der Waals surface area contributed by atoms with E-state index < -0.39 is 60.7 Å². The van der Waals surface area contributed by atoms with E-state index in [2.05, 4.69) is 11.6 Å². The minimum atomic E-state index is -7.22. The minimum absolute atomic E-state index is 0. The zero-order valence-electron chi connectivity index (χ0n) is 12.1. The molecular weight excluding hydrogens is 415 g/mol. The summed E-state index contributed by atoms with van der Waals surface area (Å²) >= 11 is 4.08. The molecule has 154 valence electrons. The van der Waals surface area contributed by atoms with Crippen molar-refractivity contribution in [3.8, 4) is 0 Å². The maximum atomic E-state index is 13.5. The topological polar surface area (TPSA) is 0 Å². The van der Waals surface area contributed by atoms with Crippen LogP contribution in [-0.4, -0.2) is 41.9 Å². The standard InChI is InChI=1S/C11H11ClF12.FH/c1-5(4-13)2-3-7(15,16)6(14)8(12,17)9(18,19)10(20,21)11(22,23)24;/h5-6H,2-4H2,1H3;1H. The minimum Gasteiger partial charge on any atom is -0.269 e. The number of rotatable bonds is 8. The Morgan fingerprint density at radius 3 is 1.56 bits per heavy atom. The lowest BCUT2D eigenvalue weighted by atomic mass is 9.93. The molecule has 14 heteroatoms. The van der Waals surface area contributed by atoms with Crippen LogP contribution >= 0.6 is 11.6 Å². The fourth-order valence-electron chi connectivity index (χ4n) is 1.45. The van der Waals surface area contributed by atoms with Crippen molar-refractivity contribution in [3.63, 3.8) is 0 Å². The fraction of sp³-hybridized carbons (Fsp3) is 1.00. The highest BCUT2D eigenvalue weighted by atomic mass is 35.5. The van der Waals surface area contributed by atoms with E-state index in [0.717, 1.165) is 6.92 Å². The van der Waals surface area contributed by atoms with Crippen LogP contribution in [-0.2, 0) is 0 Å². The van der Waals surface area contributed by atoms with Crippen molar-refractivity contribution in [2.24, 2.45) is 5.92 Å². The second-order valence-electron chi connectivity index (χ2n) is 5.19. The number of hydrogen-bond donors (Lipinski definition) is 0. The Bertz CT molecular complexity index is 417. The summed E-state index contributed by atoms with van der Waals surface area (Å²) in [5, 5.41) is -6.07. The highest BCUT2D eigenvalue weighted by Gasteiger charge is 2.83. The molecule has 0 aromatic rings. The average molecular weight is 427 g/mol. The Morgan fingerprint density at radius 2 is 1.24 bits per heavy atom. The van der Waals surface area contributed by atoms with Crippen molar-refractivity contribution >= 4 is 11.6 Å². The first-order chi connectivity index (χ1) is 10.4. The summed E-state index contributed by atoms with van der Waals surface area (Å²) in [5.74, 6) is -20.6. The molecule has 3 unspecified atom stereocenters. The van der Waals surface area contributed by atoms with Gasteiger partial charge in [-0.3, -0.25) is 9.09 Å². The van der Waals surface area contributed by atoms with E-state index in [1.807, 2.05) is 0 Å². The average Bonchev–Trinajstić information content (AvgIpc) is 2.42. The first kappa shape index (κ1) is 26.6. The monoisotopic (exact) mass is 426 g/mol. The van der Waals surface area contributed by atoms with Gasteiger partial charge < -0.3 is 0 Å². The molecule has 0 rings (SSSR count). The molecule has 0 radical (unpaired) electrons. The molecule has 0 aliphatic heterocycles. The Labute approximate surface area is 137 Å². The summed E-state index contributed by atoms with van der Waals surface area (Å²) in [6, 6.07) is 0. The lowest BCUT2D eigenvalue weighted by molar-refractivity contribution is -0.378. The molecule has 0 aromatic heterocycles. The summed E-state index contributed by atoms with van der Waals surface area (Å²) < 4.78 is 153. The summed E-state index contributed by atoms with van der Waals surface area (Å²) in [6.07, 6.45) is -14.7. The first-order valence-corrected chi connectivity index (χ1v) is 6.52. The SMILES string of the molecule is CC(CF)CCC(F)(F)C(F)C(F)(Cl)C(F)(F)C(F)(F)C(F)(F)F.F. The quantitative estimate of drug-likeness (QED) is 0.318. The van der Waals surface area contributed by atoms with Gasteiger partial charge in [-0.25, -0.2) is 17.6 Å². The van der Waals surface area contributed by atoms with Crippen molar-refractivity contribution < 1.29 is 57.4 Å². The molecule has 3 atom stereocenters. The lowest BCUT2D eigenvalue weighted by Gasteiger charge is -2.38. The van der Waals surface area contributed by atoms with E-state index in [0.29, 0.717) is 0 Å². The third-order valence-electron chi connectivity index (χ3n) is 3.09. The van der Waals surface area contributed by atoms with Crippen molar-refractivity contribution in [2.75, 3.05) is 6.67 Å². The predicted molar refractivity (Wildman–Crippen MR) is 62.4 cm³/mol. The molecule has 0 saturated carbocycles. The molecule has 0 saturated heterocycles. The largest absolute Gasteiger partial charge is 0.460 e.